The first-order chi connectivity index (χ1) is 12.3. The van der Waals surface area contributed by atoms with E-state index < -0.39 is 0 Å². The number of hydrogen-bond acceptors (Lipinski definition) is 6. The lowest BCUT2D eigenvalue weighted by Crippen LogP contribution is -2.07. The molecule has 2 heterocycles. The van der Waals surface area contributed by atoms with Gasteiger partial charge in [-0.3, -0.25) is 10.1 Å². The molecule has 1 N–H and O–H groups in total. The van der Waals surface area contributed by atoms with Gasteiger partial charge in [-0.1, -0.05) is 47.7 Å². The zero-order chi connectivity index (χ0) is 17.1. The zero-order valence-electron chi connectivity index (χ0n) is 13.0. The molecule has 25 heavy (non-hydrogen) atoms. The number of anilines is 1. The van der Waals surface area contributed by atoms with Crippen molar-refractivity contribution in [3.05, 3.63) is 60.2 Å². The van der Waals surface area contributed by atoms with Crippen LogP contribution in [0.25, 0.3) is 16.6 Å². The van der Waals surface area contributed by atoms with Gasteiger partial charge in [-0.2, -0.15) is 0 Å². The van der Waals surface area contributed by atoms with Gasteiger partial charge in [0.05, 0.1) is 0 Å². The smallest absolute Gasteiger partial charge is 0.250 e. The molecular weight excluding hydrogens is 338 g/mol. The first-order valence-corrected chi connectivity index (χ1v) is 8.37. The highest BCUT2D eigenvalue weighted by atomic mass is 32.1. The lowest BCUT2D eigenvalue weighted by molar-refractivity contribution is -0.111. The van der Waals surface area contributed by atoms with Crippen LogP contribution >= 0.6 is 11.3 Å². The molecule has 0 fully saturated rings. The Morgan fingerprint density at radius 3 is 2.80 bits per heavy atom. The standard InChI is InChI=1S/C18H13N3O3S/c22-16(9-7-12-6-8-14-15(10-12)24-11-23-14)19-18-21-20-17(25-18)13-4-2-1-3-5-13/h1-10H,11H2,(H,19,21,22)/b9-7+. The molecule has 4 rings (SSSR count). The van der Waals surface area contributed by atoms with E-state index in [1.807, 2.05) is 48.5 Å². The van der Waals surface area contributed by atoms with Crippen molar-refractivity contribution < 1.29 is 14.3 Å². The van der Waals surface area contributed by atoms with Crippen molar-refractivity contribution in [2.24, 2.45) is 0 Å². The van der Waals surface area contributed by atoms with Gasteiger partial charge in [-0.15, -0.1) is 10.2 Å². The Morgan fingerprint density at radius 2 is 1.92 bits per heavy atom. The molecule has 1 aliphatic rings. The maximum absolute atomic E-state index is 12.1. The fraction of sp³-hybridized carbons (Fsp3) is 0.0556. The van der Waals surface area contributed by atoms with Crippen molar-refractivity contribution in [2.45, 2.75) is 0 Å². The SMILES string of the molecule is O=C(/C=C/c1ccc2c(c1)OCO2)Nc1nnc(-c2ccccc2)s1. The number of nitrogens with one attached hydrogen (secondary N) is 1. The molecule has 0 unspecified atom stereocenters. The number of ether oxygens (including phenoxy) is 2. The zero-order valence-corrected chi connectivity index (χ0v) is 13.8. The molecule has 0 saturated heterocycles. The second kappa shape index (κ2) is 6.74. The average molecular weight is 351 g/mol. The van der Waals surface area contributed by atoms with Gasteiger partial charge in [0.25, 0.3) is 0 Å². The molecule has 1 aliphatic heterocycles. The van der Waals surface area contributed by atoms with Crippen molar-refractivity contribution in [3.8, 4) is 22.1 Å². The minimum absolute atomic E-state index is 0.226. The van der Waals surface area contributed by atoms with E-state index in [2.05, 4.69) is 15.5 Å². The van der Waals surface area contributed by atoms with Crippen LogP contribution in [-0.2, 0) is 4.79 Å². The molecular formula is C18H13N3O3S. The third-order valence-electron chi connectivity index (χ3n) is 3.50. The highest BCUT2D eigenvalue weighted by Crippen LogP contribution is 2.32. The van der Waals surface area contributed by atoms with Crippen LogP contribution < -0.4 is 14.8 Å². The summed E-state index contributed by atoms with van der Waals surface area (Å²) >= 11 is 1.33. The molecule has 1 aromatic heterocycles. The summed E-state index contributed by atoms with van der Waals surface area (Å²) in [7, 11) is 0. The number of carbonyl (C=O) groups is 1. The fourth-order valence-electron chi connectivity index (χ4n) is 2.31. The number of fused-ring (bicyclic) bond motifs is 1. The second-order valence-electron chi connectivity index (χ2n) is 5.21. The third-order valence-corrected chi connectivity index (χ3v) is 4.39. The van der Waals surface area contributed by atoms with Gasteiger partial charge in [0.1, 0.15) is 5.01 Å². The summed E-state index contributed by atoms with van der Waals surface area (Å²) in [5, 5.41) is 12.0. The lowest BCUT2D eigenvalue weighted by Gasteiger charge is -1.98. The number of benzene rings is 2. The van der Waals surface area contributed by atoms with E-state index in [0.29, 0.717) is 16.6 Å². The van der Waals surface area contributed by atoms with Crippen molar-refractivity contribution in [3.63, 3.8) is 0 Å². The summed E-state index contributed by atoms with van der Waals surface area (Å²) in [6.45, 7) is 0.226. The molecule has 0 saturated carbocycles. The van der Waals surface area contributed by atoms with Gasteiger partial charge in [0.2, 0.25) is 17.8 Å². The van der Waals surface area contributed by atoms with Crippen LogP contribution in [0.3, 0.4) is 0 Å². The van der Waals surface area contributed by atoms with E-state index in [1.165, 1.54) is 17.4 Å². The number of aromatic nitrogens is 2. The van der Waals surface area contributed by atoms with Crippen LogP contribution in [-0.4, -0.2) is 22.9 Å². The molecule has 1 amide bonds. The molecule has 0 radical (unpaired) electrons. The summed E-state index contributed by atoms with van der Waals surface area (Å²) in [6.07, 6.45) is 3.15. The predicted molar refractivity (Wildman–Crippen MR) is 95.6 cm³/mol. The highest BCUT2D eigenvalue weighted by Gasteiger charge is 2.12. The third kappa shape index (κ3) is 3.51. The number of nitrogens with zero attached hydrogens (tertiary/aromatic N) is 2. The van der Waals surface area contributed by atoms with E-state index in [9.17, 15) is 4.79 Å². The van der Waals surface area contributed by atoms with E-state index in [4.69, 9.17) is 9.47 Å². The van der Waals surface area contributed by atoms with Crippen LogP contribution in [0.2, 0.25) is 0 Å². The van der Waals surface area contributed by atoms with Gasteiger partial charge < -0.3 is 9.47 Å². The second-order valence-corrected chi connectivity index (χ2v) is 6.19. The van der Waals surface area contributed by atoms with Gasteiger partial charge in [0.15, 0.2) is 11.5 Å². The molecule has 7 heteroatoms. The molecule has 0 spiro atoms. The predicted octanol–water partition coefficient (Wildman–Crippen LogP) is 3.59. The molecule has 0 bridgehead atoms. The van der Waals surface area contributed by atoms with Gasteiger partial charge in [0, 0.05) is 11.6 Å². The number of rotatable bonds is 4. The summed E-state index contributed by atoms with van der Waals surface area (Å²) in [5.74, 6) is 1.12. The summed E-state index contributed by atoms with van der Waals surface area (Å²) in [6, 6.07) is 15.2. The Morgan fingerprint density at radius 1 is 1.08 bits per heavy atom. The van der Waals surface area contributed by atoms with E-state index in [1.54, 1.807) is 6.08 Å². The fourth-order valence-corrected chi connectivity index (χ4v) is 3.06. The van der Waals surface area contributed by atoms with Crippen molar-refractivity contribution >= 4 is 28.5 Å². The summed E-state index contributed by atoms with van der Waals surface area (Å²) in [5.41, 5.74) is 1.82. The summed E-state index contributed by atoms with van der Waals surface area (Å²) in [4.78, 5) is 12.1. The highest BCUT2D eigenvalue weighted by molar-refractivity contribution is 7.18. The van der Waals surface area contributed by atoms with Crippen LogP contribution in [0.4, 0.5) is 5.13 Å². The maximum Gasteiger partial charge on any atom is 0.250 e. The Hall–Kier alpha value is -3.19. The van der Waals surface area contributed by atoms with Gasteiger partial charge in [-0.25, -0.2) is 0 Å². The lowest BCUT2D eigenvalue weighted by atomic mass is 10.2. The van der Waals surface area contributed by atoms with E-state index in [0.717, 1.165) is 16.1 Å². The maximum atomic E-state index is 12.1. The molecule has 6 nitrogen and oxygen atoms in total. The Bertz CT molecular complexity index is 938. The van der Waals surface area contributed by atoms with E-state index in [-0.39, 0.29) is 12.7 Å². The van der Waals surface area contributed by atoms with Gasteiger partial charge in [-0.05, 0) is 23.8 Å². The largest absolute Gasteiger partial charge is 0.454 e. The topological polar surface area (TPSA) is 73.3 Å². The number of hydrogen-bond donors (Lipinski definition) is 1. The Labute approximate surface area is 147 Å². The van der Waals surface area contributed by atoms with Crippen LogP contribution in [0, 0.1) is 0 Å². The minimum atomic E-state index is -0.270. The molecule has 124 valence electrons. The van der Waals surface area contributed by atoms with Crippen LogP contribution in [0.1, 0.15) is 5.56 Å². The number of amides is 1. The molecule has 0 atom stereocenters. The Kier molecular flexibility index (Phi) is 4.14. The molecule has 0 aliphatic carbocycles. The quantitative estimate of drug-likeness (QED) is 0.727. The monoisotopic (exact) mass is 351 g/mol. The first kappa shape index (κ1) is 15.3. The van der Waals surface area contributed by atoms with E-state index >= 15 is 0 Å². The van der Waals surface area contributed by atoms with Crippen LogP contribution in [0.15, 0.2) is 54.6 Å². The normalized spacial score (nSPS) is 12.5. The van der Waals surface area contributed by atoms with Crippen molar-refractivity contribution in [1.82, 2.24) is 10.2 Å². The minimum Gasteiger partial charge on any atom is -0.454 e. The average Bonchev–Trinajstić information content (AvgIpc) is 3.29. The van der Waals surface area contributed by atoms with Crippen molar-refractivity contribution in [2.75, 3.05) is 12.1 Å². The van der Waals surface area contributed by atoms with Crippen LogP contribution in [0.5, 0.6) is 11.5 Å². The number of carbonyl (C=O) groups excluding carboxylic acids is 1. The van der Waals surface area contributed by atoms with Crippen molar-refractivity contribution in [1.29, 1.82) is 0 Å². The molecule has 2 aromatic carbocycles. The first-order valence-electron chi connectivity index (χ1n) is 7.55. The molecule has 3 aromatic rings. The van der Waals surface area contributed by atoms with Gasteiger partial charge >= 0.3 is 0 Å². The summed E-state index contributed by atoms with van der Waals surface area (Å²) < 4.78 is 10.6. The Balaban J connectivity index is 1.41.